The monoisotopic (exact) mass is 635 g/mol. The lowest BCUT2D eigenvalue weighted by Crippen LogP contribution is -2.55. The van der Waals surface area contributed by atoms with Gasteiger partial charge in [-0.2, -0.15) is 8.42 Å². The van der Waals surface area contributed by atoms with Crippen LogP contribution in [0, 0.1) is 11.3 Å². The van der Waals surface area contributed by atoms with Crippen LogP contribution in [0.3, 0.4) is 0 Å². The molecule has 0 bridgehead atoms. The first-order valence-electron chi connectivity index (χ1n) is 13.5. The third-order valence-corrected chi connectivity index (χ3v) is 6.94. The van der Waals surface area contributed by atoms with Crippen molar-refractivity contribution in [1.82, 2.24) is 26.3 Å². The molecule has 3 atom stereocenters. The third kappa shape index (κ3) is 13.4. The average molecular weight is 636 g/mol. The van der Waals surface area contributed by atoms with Crippen LogP contribution in [0.5, 0.6) is 0 Å². The van der Waals surface area contributed by atoms with Gasteiger partial charge in [-0.15, -0.1) is 5.06 Å². The van der Waals surface area contributed by atoms with E-state index in [2.05, 4.69) is 26.1 Å². The molecule has 1 fully saturated rings. The van der Waals surface area contributed by atoms with Gasteiger partial charge in [0, 0.05) is 32.4 Å². The van der Waals surface area contributed by atoms with E-state index < -0.39 is 87.8 Å². The van der Waals surface area contributed by atoms with Crippen LogP contribution in [-0.2, 0) is 48.5 Å². The molecule has 1 unspecified atom stereocenters. The topological polar surface area (TPSA) is 244 Å². The molecule has 1 rings (SSSR count). The minimum Gasteiger partial charge on any atom is -0.449 e. The van der Waals surface area contributed by atoms with Crippen LogP contribution < -0.4 is 21.3 Å². The SMILES string of the molecule is CC(C)[C@H](NC(=O)CCC(C(=O)ON1C(=O)CCC1=O)S(=O)(=O)O)C(=O)N[C@@H](C)C(=O)NCCNC(=O)OCC(C)(C)C. The maximum absolute atomic E-state index is 12.8. The Bertz CT molecular complexity index is 1170. The number of hydroxylamine groups is 2. The Balaban J connectivity index is 2.62. The molecule has 0 aliphatic carbocycles. The molecule has 0 aromatic carbocycles. The van der Waals surface area contributed by atoms with Crippen molar-refractivity contribution in [3.63, 3.8) is 0 Å². The van der Waals surface area contributed by atoms with E-state index in [0.717, 1.165) is 0 Å². The van der Waals surface area contributed by atoms with Crippen LogP contribution in [0.15, 0.2) is 0 Å². The summed E-state index contributed by atoms with van der Waals surface area (Å²) in [5.74, 6) is -6.03. The van der Waals surface area contributed by atoms with E-state index in [0.29, 0.717) is 0 Å². The van der Waals surface area contributed by atoms with Gasteiger partial charge in [0.05, 0.1) is 6.61 Å². The Morgan fingerprint density at radius 1 is 0.930 bits per heavy atom. The van der Waals surface area contributed by atoms with E-state index in [1.54, 1.807) is 13.8 Å². The summed E-state index contributed by atoms with van der Waals surface area (Å²) in [5, 5.41) is 7.67. The van der Waals surface area contributed by atoms with E-state index in [9.17, 15) is 46.5 Å². The minimum absolute atomic E-state index is 0.0471. The largest absolute Gasteiger partial charge is 0.449 e. The zero-order chi connectivity index (χ0) is 33.1. The molecule has 43 heavy (non-hydrogen) atoms. The summed E-state index contributed by atoms with van der Waals surface area (Å²) in [4.78, 5) is 89.5. The highest BCUT2D eigenvalue weighted by molar-refractivity contribution is 7.87. The molecule has 18 heteroatoms. The smallest absolute Gasteiger partial charge is 0.407 e. The lowest BCUT2D eigenvalue weighted by Gasteiger charge is -2.24. The van der Waals surface area contributed by atoms with E-state index in [-0.39, 0.29) is 43.0 Å². The van der Waals surface area contributed by atoms with Crippen LogP contribution >= 0.6 is 0 Å². The highest BCUT2D eigenvalue weighted by atomic mass is 32.2. The van der Waals surface area contributed by atoms with Crippen molar-refractivity contribution >= 4 is 51.7 Å². The lowest BCUT2D eigenvalue weighted by atomic mass is 9.99. The Kier molecular flexibility index (Phi) is 14.0. The van der Waals surface area contributed by atoms with Crippen molar-refractivity contribution in [3.8, 4) is 0 Å². The molecule has 0 aromatic rings. The van der Waals surface area contributed by atoms with Gasteiger partial charge in [-0.05, 0) is 24.7 Å². The molecule has 0 spiro atoms. The van der Waals surface area contributed by atoms with Gasteiger partial charge in [0.2, 0.25) is 17.7 Å². The number of carbonyl (C=O) groups excluding carboxylic acids is 7. The molecule has 244 valence electrons. The Morgan fingerprint density at radius 3 is 2.00 bits per heavy atom. The van der Waals surface area contributed by atoms with Crippen molar-refractivity contribution in [2.75, 3.05) is 19.7 Å². The van der Waals surface area contributed by atoms with Crippen LogP contribution in [0.4, 0.5) is 4.79 Å². The van der Waals surface area contributed by atoms with Gasteiger partial charge in [0.1, 0.15) is 12.1 Å². The standard InChI is InChI=1S/C25H41N5O12S/c1-14(2)20(22(35)28-15(3)21(34)26-11-12-27-24(37)41-13-25(4,5)6)29-17(31)8-7-16(43(38,39)40)23(36)42-30-18(32)9-10-19(30)33/h14-16,20H,7-13H2,1-6H3,(H,26,34)(H,27,37)(H,28,35)(H,29,31)(H,38,39,40)/t15-,16?,20-/m0/s1. The molecular formula is C25H41N5O12S. The number of hydrogen-bond acceptors (Lipinski definition) is 11. The second-order valence-electron chi connectivity index (χ2n) is 11.4. The Hall–Kier alpha value is -3.80. The first kappa shape index (κ1) is 37.2. The molecule has 0 radical (unpaired) electrons. The molecule has 5 N–H and O–H groups in total. The number of nitrogens with one attached hydrogen (secondary N) is 4. The first-order valence-corrected chi connectivity index (χ1v) is 15.0. The van der Waals surface area contributed by atoms with Crippen molar-refractivity contribution in [2.45, 2.75) is 84.6 Å². The number of amides is 6. The number of rotatable bonds is 15. The van der Waals surface area contributed by atoms with Crippen LogP contribution in [0.1, 0.15) is 67.2 Å². The molecule has 1 saturated heterocycles. The van der Waals surface area contributed by atoms with E-state index in [1.807, 2.05) is 20.8 Å². The number of carbonyl (C=O) groups is 7. The molecule has 1 aliphatic rings. The fourth-order valence-electron chi connectivity index (χ4n) is 3.44. The zero-order valence-corrected chi connectivity index (χ0v) is 25.9. The number of alkyl carbamates (subject to hydrolysis) is 1. The molecule has 1 aliphatic heterocycles. The number of imide groups is 1. The van der Waals surface area contributed by atoms with E-state index >= 15 is 0 Å². The fraction of sp³-hybridized carbons (Fsp3) is 0.720. The average Bonchev–Trinajstić information content (AvgIpc) is 3.18. The fourth-order valence-corrected chi connectivity index (χ4v) is 4.14. The quantitative estimate of drug-likeness (QED) is 0.0841. The summed E-state index contributed by atoms with van der Waals surface area (Å²) in [6.45, 7) is 10.6. The molecular weight excluding hydrogens is 594 g/mol. The first-order chi connectivity index (χ1) is 19.7. The highest BCUT2D eigenvalue weighted by Crippen LogP contribution is 2.17. The summed E-state index contributed by atoms with van der Waals surface area (Å²) in [5.41, 5.74) is -0.207. The van der Waals surface area contributed by atoms with Gasteiger partial charge < -0.3 is 30.8 Å². The van der Waals surface area contributed by atoms with Gasteiger partial charge in [0.15, 0.2) is 5.25 Å². The third-order valence-electron chi connectivity index (χ3n) is 5.79. The summed E-state index contributed by atoms with van der Waals surface area (Å²) in [7, 11) is -5.10. The lowest BCUT2D eigenvalue weighted by molar-refractivity contribution is -0.197. The number of nitrogens with zero attached hydrogens (tertiary/aromatic N) is 1. The Labute approximate surface area is 249 Å². The zero-order valence-electron chi connectivity index (χ0n) is 25.1. The summed E-state index contributed by atoms with van der Waals surface area (Å²) in [6.07, 6.45) is -2.58. The van der Waals surface area contributed by atoms with Crippen molar-refractivity contribution < 1.29 is 56.1 Å². The van der Waals surface area contributed by atoms with Crippen LogP contribution in [-0.4, -0.2) is 96.7 Å². The number of hydrogen-bond donors (Lipinski definition) is 5. The Morgan fingerprint density at radius 2 is 1.49 bits per heavy atom. The van der Waals surface area contributed by atoms with Gasteiger partial charge in [-0.25, -0.2) is 9.59 Å². The maximum Gasteiger partial charge on any atom is 0.407 e. The molecule has 0 aromatic heterocycles. The van der Waals surface area contributed by atoms with Gasteiger partial charge in [0.25, 0.3) is 21.9 Å². The van der Waals surface area contributed by atoms with Crippen LogP contribution in [0.2, 0.25) is 0 Å². The van der Waals surface area contributed by atoms with Crippen molar-refractivity contribution in [1.29, 1.82) is 0 Å². The summed E-state index contributed by atoms with van der Waals surface area (Å²) < 4.78 is 38.0. The summed E-state index contributed by atoms with van der Waals surface area (Å²) >= 11 is 0. The summed E-state index contributed by atoms with van der Waals surface area (Å²) in [6, 6.07) is -2.20. The minimum atomic E-state index is -5.10. The molecule has 6 amide bonds. The van der Waals surface area contributed by atoms with Gasteiger partial charge >= 0.3 is 12.1 Å². The predicted octanol–water partition coefficient (Wildman–Crippen LogP) is -0.836. The van der Waals surface area contributed by atoms with Crippen LogP contribution in [0.25, 0.3) is 0 Å². The van der Waals surface area contributed by atoms with Crippen molar-refractivity contribution in [2.24, 2.45) is 11.3 Å². The maximum atomic E-state index is 12.8. The number of ether oxygens (including phenoxy) is 1. The molecule has 0 saturated carbocycles. The van der Waals surface area contributed by atoms with Gasteiger partial charge in [-0.1, -0.05) is 34.6 Å². The van der Waals surface area contributed by atoms with Crippen molar-refractivity contribution in [3.05, 3.63) is 0 Å². The van der Waals surface area contributed by atoms with Gasteiger partial charge in [-0.3, -0.25) is 28.5 Å². The highest BCUT2D eigenvalue weighted by Gasteiger charge is 2.39. The molecule has 1 heterocycles. The second-order valence-corrected chi connectivity index (χ2v) is 13.0. The van der Waals surface area contributed by atoms with E-state index in [1.165, 1.54) is 6.92 Å². The second kappa shape index (κ2) is 16.2. The van der Waals surface area contributed by atoms with E-state index in [4.69, 9.17) is 4.74 Å². The predicted molar refractivity (Wildman–Crippen MR) is 148 cm³/mol. The normalized spacial score (nSPS) is 15.8. The molecule has 17 nitrogen and oxygen atoms in total.